The maximum Gasteiger partial charge on any atom is 0.408 e. The van der Waals surface area contributed by atoms with Gasteiger partial charge in [0.2, 0.25) is 5.91 Å². The highest BCUT2D eigenvalue weighted by atomic mass is 19.1. The van der Waals surface area contributed by atoms with E-state index in [9.17, 15) is 33.1 Å². The molecule has 1 aromatic heterocycles. The number of carbonyl (C=O) groups is 3. The number of methoxy groups -OCH3 is 2. The number of amides is 4. The van der Waals surface area contributed by atoms with Crippen molar-refractivity contribution >= 4 is 40.3 Å². The van der Waals surface area contributed by atoms with E-state index in [1.54, 1.807) is 50.9 Å². The van der Waals surface area contributed by atoms with Gasteiger partial charge in [0.25, 0.3) is 5.56 Å². The summed E-state index contributed by atoms with van der Waals surface area (Å²) in [7, 11) is 2.89. The summed E-state index contributed by atoms with van der Waals surface area (Å²) in [4.78, 5) is 62.2. The molecule has 3 aromatic carbocycles. The molecule has 0 spiro atoms. The van der Waals surface area contributed by atoms with Crippen molar-refractivity contribution in [3.05, 3.63) is 88.5 Å². The van der Waals surface area contributed by atoms with Gasteiger partial charge in [0.1, 0.15) is 34.8 Å². The topological polar surface area (TPSA) is 168 Å². The van der Waals surface area contributed by atoms with Crippen LogP contribution < -0.4 is 35.6 Å². The average molecular weight is 770 g/mol. The van der Waals surface area contributed by atoms with Crippen molar-refractivity contribution in [2.24, 2.45) is 0 Å². The number of aromatic nitrogens is 2. The van der Waals surface area contributed by atoms with Crippen LogP contribution in [0, 0.1) is 11.6 Å². The summed E-state index contributed by atoms with van der Waals surface area (Å²) >= 11 is 0. The van der Waals surface area contributed by atoms with Gasteiger partial charge in [-0.25, -0.2) is 28.0 Å². The van der Waals surface area contributed by atoms with E-state index in [0.717, 1.165) is 12.1 Å². The minimum Gasteiger partial charge on any atom is -0.497 e. The molecule has 4 amide bonds. The molecule has 3 N–H and O–H groups in total. The number of rotatable bonds is 10. The zero-order valence-corrected chi connectivity index (χ0v) is 31.6. The van der Waals surface area contributed by atoms with E-state index in [1.165, 1.54) is 66.0 Å². The Morgan fingerprint density at radius 1 is 0.927 bits per heavy atom. The Kier molecular flexibility index (Phi) is 12.1. The zero-order chi connectivity index (χ0) is 40.2. The van der Waals surface area contributed by atoms with E-state index in [1.807, 2.05) is 0 Å². The number of aliphatic hydroxyl groups is 1. The molecular weight excluding hydrogens is 720 g/mol. The normalized spacial score (nSPS) is 14.8. The first-order valence-electron chi connectivity index (χ1n) is 17.5. The van der Waals surface area contributed by atoms with E-state index in [-0.39, 0.29) is 62.9 Å². The standard InChI is InChI=1S/C38H45F2N7O8.2H2/c1-22(46(30-15-13-27(53-6)21-31(30)54-7)36(51)41-26-11-8-24(39)9-12-26)33-42-29-20-25(40)10-14-28(29)34(49)47(33)45-18-16-44(17-19-45)35(50)32(23(2)48)43-37(52)55-38(3,4)5;;/h8-15,20-23,32,48H,16-19H2,1-7H3,(H,41,51)(H,43,52);2*1H/t22?,23-,32-;;/m0../s1. The Morgan fingerprint density at radius 3 is 2.18 bits per heavy atom. The van der Waals surface area contributed by atoms with Gasteiger partial charge in [-0.3, -0.25) is 14.5 Å². The van der Waals surface area contributed by atoms with Crippen LogP contribution in [-0.4, -0.2) is 95.8 Å². The van der Waals surface area contributed by atoms with Gasteiger partial charge in [-0.2, -0.15) is 0 Å². The zero-order valence-electron chi connectivity index (χ0n) is 31.6. The van der Waals surface area contributed by atoms with Crippen LogP contribution in [0.15, 0.2) is 65.5 Å². The first-order chi connectivity index (χ1) is 26.0. The van der Waals surface area contributed by atoms with Gasteiger partial charge in [0.15, 0.2) is 5.82 Å². The Hall–Kier alpha value is -5.97. The summed E-state index contributed by atoms with van der Waals surface area (Å²) < 4.78 is 45.9. The van der Waals surface area contributed by atoms with Crippen molar-refractivity contribution in [2.45, 2.75) is 58.4 Å². The quantitative estimate of drug-likeness (QED) is 0.199. The van der Waals surface area contributed by atoms with Gasteiger partial charge in [0, 0.05) is 33.8 Å². The third kappa shape index (κ3) is 9.23. The van der Waals surface area contributed by atoms with E-state index < -0.39 is 59.0 Å². The molecule has 1 fully saturated rings. The van der Waals surface area contributed by atoms with Gasteiger partial charge in [0.05, 0.1) is 56.0 Å². The molecule has 15 nitrogen and oxygen atoms in total. The highest BCUT2D eigenvalue weighted by Gasteiger charge is 2.36. The number of anilines is 2. The lowest BCUT2D eigenvalue weighted by Gasteiger charge is -2.40. The summed E-state index contributed by atoms with van der Waals surface area (Å²) in [5, 5.41) is 17.4. The smallest absolute Gasteiger partial charge is 0.408 e. The number of nitrogens with zero attached hydrogens (tertiary/aromatic N) is 5. The lowest BCUT2D eigenvalue weighted by atomic mass is 10.1. The summed E-state index contributed by atoms with van der Waals surface area (Å²) in [6.45, 7) is 8.34. The van der Waals surface area contributed by atoms with Crippen LogP contribution in [0.5, 0.6) is 11.5 Å². The molecule has 1 saturated heterocycles. The lowest BCUT2D eigenvalue weighted by molar-refractivity contribution is -0.136. The third-order valence-electron chi connectivity index (χ3n) is 8.83. The molecule has 0 bridgehead atoms. The number of hydrogen-bond acceptors (Lipinski definition) is 10. The van der Waals surface area contributed by atoms with Gasteiger partial charge in [-0.05, 0) is 83.1 Å². The van der Waals surface area contributed by atoms with Crippen LogP contribution in [0.25, 0.3) is 10.9 Å². The minimum absolute atomic E-state index is 0. The fraction of sp³-hybridized carbons (Fsp3) is 0.395. The van der Waals surface area contributed by atoms with E-state index in [4.69, 9.17) is 19.2 Å². The molecule has 17 heteroatoms. The first kappa shape index (κ1) is 40.2. The van der Waals surface area contributed by atoms with E-state index in [2.05, 4.69) is 10.6 Å². The maximum absolute atomic E-state index is 14.6. The number of piperazine rings is 1. The summed E-state index contributed by atoms with van der Waals surface area (Å²) in [5.41, 5.74) is -0.808. The van der Waals surface area contributed by atoms with Crippen LogP contribution in [-0.2, 0) is 9.53 Å². The Morgan fingerprint density at radius 2 is 1.58 bits per heavy atom. The van der Waals surface area contributed by atoms with Gasteiger partial charge in [-0.1, -0.05) is 0 Å². The molecule has 1 aliphatic rings. The number of alkyl carbamates (subject to hydrolysis) is 1. The monoisotopic (exact) mass is 769 g/mol. The maximum atomic E-state index is 14.6. The van der Waals surface area contributed by atoms with Gasteiger partial charge < -0.3 is 39.9 Å². The van der Waals surface area contributed by atoms with Crippen LogP contribution >= 0.6 is 0 Å². The molecule has 55 heavy (non-hydrogen) atoms. The first-order valence-corrected chi connectivity index (χ1v) is 17.5. The molecule has 0 radical (unpaired) electrons. The molecule has 1 unspecified atom stereocenters. The highest BCUT2D eigenvalue weighted by Crippen LogP contribution is 2.37. The highest BCUT2D eigenvalue weighted by molar-refractivity contribution is 6.03. The second kappa shape index (κ2) is 16.6. The molecule has 0 saturated carbocycles. The van der Waals surface area contributed by atoms with E-state index >= 15 is 0 Å². The molecule has 0 aliphatic carbocycles. The number of ether oxygens (including phenoxy) is 3. The predicted molar refractivity (Wildman–Crippen MR) is 205 cm³/mol. The summed E-state index contributed by atoms with van der Waals surface area (Å²) in [6, 6.07) is 10.5. The van der Waals surface area contributed by atoms with Crippen molar-refractivity contribution in [3.63, 3.8) is 0 Å². The second-order valence-electron chi connectivity index (χ2n) is 13.9. The number of urea groups is 1. The molecule has 1 aliphatic heterocycles. The van der Waals surface area contributed by atoms with Crippen LogP contribution in [0.1, 0.15) is 49.3 Å². The SMILES string of the molecule is COc1ccc(N(C(=O)Nc2ccc(F)cc2)C(C)c2nc3cc(F)ccc3c(=O)n2N2CCN(C(=O)[C@@H](NC(=O)OC(C)(C)C)[C@H](C)O)CC2)c(OC)c1.[HH].[HH]. The minimum atomic E-state index is -1.30. The Labute approximate surface area is 319 Å². The fourth-order valence-electron chi connectivity index (χ4n) is 6.16. The number of nitrogens with one attached hydrogen (secondary N) is 2. The molecule has 4 aromatic rings. The third-order valence-corrected chi connectivity index (χ3v) is 8.83. The largest absolute Gasteiger partial charge is 0.497 e. The number of halogens is 2. The van der Waals surface area contributed by atoms with Crippen molar-refractivity contribution in [1.82, 2.24) is 19.9 Å². The van der Waals surface area contributed by atoms with E-state index in [0.29, 0.717) is 5.75 Å². The summed E-state index contributed by atoms with van der Waals surface area (Å²) in [5.74, 6) is -0.958. The van der Waals surface area contributed by atoms with Crippen molar-refractivity contribution in [2.75, 3.05) is 55.6 Å². The average Bonchev–Trinajstić information content (AvgIpc) is 3.13. The lowest BCUT2D eigenvalue weighted by Crippen LogP contribution is -2.61. The number of carbonyl (C=O) groups excluding carboxylic acids is 3. The Bertz CT molecular complexity index is 2110. The fourth-order valence-corrected chi connectivity index (χ4v) is 6.16. The Balaban J connectivity index is 0.00000435. The van der Waals surface area contributed by atoms with Crippen LogP contribution in [0.4, 0.5) is 29.7 Å². The molecule has 5 rings (SSSR count). The van der Waals surface area contributed by atoms with Gasteiger partial charge >= 0.3 is 12.1 Å². The molecular formula is C38H49F2N7O8. The number of aliphatic hydroxyl groups excluding tert-OH is 1. The van der Waals surface area contributed by atoms with Gasteiger partial charge in [-0.15, -0.1) is 0 Å². The number of hydrogen-bond donors (Lipinski definition) is 3. The predicted octanol–water partition coefficient (Wildman–Crippen LogP) is 5.04. The number of benzene rings is 3. The van der Waals surface area contributed by atoms with Crippen LogP contribution in [0.3, 0.4) is 0 Å². The van der Waals surface area contributed by atoms with Crippen LogP contribution in [0.2, 0.25) is 0 Å². The molecule has 2 heterocycles. The molecule has 3 atom stereocenters. The second-order valence-corrected chi connectivity index (χ2v) is 13.9. The van der Waals surface area contributed by atoms with Crippen molar-refractivity contribution < 1.29 is 45.3 Å². The number of fused-ring (bicyclic) bond motifs is 1. The summed E-state index contributed by atoms with van der Waals surface area (Å²) in [6.07, 6.45) is -2.11. The molecule has 298 valence electrons. The van der Waals surface area contributed by atoms with Crippen molar-refractivity contribution in [3.8, 4) is 11.5 Å². The van der Waals surface area contributed by atoms with Crippen molar-refractivity contribution in [1.29, 1.82) is 0 Å².